The first kappa shape index (κ1) is 14.4. The van der Waals surface area contributed by atoms with Crippen LogP contribution in [0.2, 0.25) is 0 Å². The van der Waals surface area contributed by atoms with Gasteiger partial charge in [-0.2, -0.15) is 5.10 Å². The van der Waals surface area contributed by atoms with Gasteiger partial charge in [0, 0.05) is 29.4 Å². The average molecular weight is 322 g/mol. The van der Waals surface area contributed by atoms with E-state index in [0.717, 1.165) is 22.5 Å². The standard InChI is InChI=1S/C18H12F2N4/c1-11-7-14(9-15(19)17(11)20)24-16-4-3-12(8-13(16)10-23-24)18-21-5-2-6-22-18/h2-10H,1H3. The van der Waals surface area contributed by atoms with Gasteiger partial charge in [-0.25, -0.2) is 23.4 Å². The molecular formula is C18H12F2N4. The molecule has 0 saturated heterocycles. The maximum absolute atomic E-state index is 13.7. The molecule has 118 valence electrons. The van der Waals surface area contributed by atoms with E-state index < -0.39 is 11.6 Å². The van der Waals surface area contributed by atoms with Crippen molar-refractivity contribution >= 4 is 10.9 Å². The third-order valence-electron chi connectivity index (χ3n) is 3.83. The summed E-state index contributed by atoms with van der Waals surface area (Å²) in [7, 11) is 0. The van der Waals surface area contributed by atoms with Crippen molar-refractivity contribution in [3.05, 3.63) is 72.2 Å². The van der Waals surface area contributed by atoms with E-state index in [1.807, 2.05) is 18.2 Å². The predicted molar refractivity (Wildman–Crippen MR) is 86.7 cm³/mol. The average Bonchev–Trinajstić information content (AvgIpc) is 3.03. The van der Waals surface area contributed by atoms with E-state index in [-0.39, 0.29) is 5.56 Å². The molecule has 2 heterocycles. The van der Waals surface area contributed by atoms with Gasteiger partial charge >= 0.3 is 0 Å². The van der Waals surface area contributed by atoms with Crippen LogP contribution >= 0.6 is 0 Å². The summed E-state index contributed by atoms with van der Waals surface area (Å²) in [6.07, 6.45) is 5.04. The Hall–Kier alpha value is -3.15. The van der Waals surface area contributed by atoms with E-state index in [1.54, 1.807) is 35.4 Å². The molecule has 0 radical (unpaired) electrons. The summed E-state index contributed by atoms with van der Waals surface area (Å²) in [4.78, 5) is 8.45. The van der Waals surface area contributed by atoms with Crippen LogP contribution in [0.5, 0.6) is 0 Å². The van der Waals surface area contributed by atoms with Crippen molar-refractivity contribution < 1.29 is 8.78 Å². The molecule has 0 aliphatic rings. The smallest absolute Gasteiger partial charge is 0.161 e. The monoisotopic (exact) mass is 322 g/mol. The number of halogens is 2. The third-order valence-corrected chi connectivity index (χ3v) is 3.83. The third kappa shape index (κ3) is 2.32. The second kappa shape index (κ2) is 5.49. The van der Waals surface area contributed by atoms with Crippen molar-refractivity contribution in [3.8, 4) is 17.1 Å². The largest absolute Gasteiger partial charge is 0.237 e. The van der Waals surface area contributed by atoms with Gasteiger partial charge in [0.15, 0.2) is 17.5 Å². The Morgan fingerprint density at radius 2 is 1.79 bits per heavy atom. The molecule has 0 fully saturated rings. The number of hydrogen-bond donors (Lipinski definition) is 0. The zero-order chi connectivity index (χ0) is 16.7. The zero-order valence-corrected chi connectivity index (χ0v) is 12.7. The van der Waals surface area contributed by atoms with E-state index in [4.69, 9.17) is 0 Å². The minimum absolute atomic E-state index is 0.239. The number of nitrogens with zero attached hydrogens (tertiary/aromatic N) is 4. The van der Waals surface area contributed by atoms with Crippen molar-refractivity contribution in [1.82, 2.24) is 19.7 Å². The summed E-state index contributed by atoms with van der Waals surface area (Å²) in [5.74, 6) is -1.10. The molecule has 4 nitrogen and oxygen atoms in total. The van der Waals surface area contributed by atoms with Crippen LogP contribution in [-0.2, 0) is 0 Å². The molecule has 0 bridgehead atoms. The maximum Gasteiger partial charge on any atom is 0.161 e. The highest BCUT2D eigenvalue weighted by Crippen LogP contribution is 2.25. The first-order chi connectivity index (χ1) is 11.6. The molecule has 4 rings (SSSR count). The molecule has 0 aliphatic carbocycles. The summed E-state index contributed by atoms with van der Waals surface area (Å²) in [5.41, 5.74) is 2.37. The van der Waals surface area contributed by atoms with Crippen LogP contribution in [0.15, 0.2) is 55.0 Å². The highest BCUT2D eigenvalue weighted by molar-refractivity contribution is 5.84. The first-order valence-electron chi connectivity index (χ1n) is 7.35. The predicted octanol–water partition coefficient (Wildman–Crippen LogP) is 4.07. The fraction of sp³-hybridized carbons (Fsp3) is 0.0556. The molecule has 0 spiro atoms. The van der Waals surface area contributed by atoms with Crippen LogP contribution in [0.25, 0.3) is 28.0 Å². The normalized spacial score (nSPS) is 11.1. The summed E-state index contributed by atoms with van der Waals surface area (Å²) in [5, 5.41) is 5.16. The number of aromatic nitrogens is 4. The summed E-state index contributed by atoms with van der Waals surface area (Å²) in [6, 6.07) is 10.1. The molecule has 24 heavy (non-hydrogen) atoms. The lowest BCUT2D eigenvalue weighted by atomic mass is 10.1. The van der Waals surface area contributed by atoms with Crippen LogP contribution in [0.1, 0.15) is 5.56 Å². The van der Waals surface area contributed by atoms with E-state index in [1.165, 1.54) is 6.92 Å². The quantitative estimate of drug-likeness (QED) is 0.559. The van der Waals surface area contributed by atoms with Crippen molar-refractivity contribution in [2.24, 2.45) is 0 Å². The second-order valence-electron chi connectivity index (χ2n) is 5.46. The maximum atomic E-state index is 13.7. The molecule has 2 aromatic heterocycles. The Morgan fingerprint density at radius 1 is 1.00 bits per heavy atom. The minimum Gasteiger partial charge on any atom is -0.237 e. The SMILES string of the molecule is Cc1cc(-n2ncc3cc(-c4ncccn4)ccc32)cc(F)c1F. The van der Waals surface area contributed by atoms with Crippen molar-refractivity contribution in [3.63, 3.8) is 0 Å². The Labute approximate surface area is 136 Å². The zero-order valence-electron chi connectivity index (χ0n) is 12.7. The number of hydrogen-bond acceptors (Lipinski definition) is 3. The molecule has 0 saturated carbocycles. The lowest BCUT2D eigenvalue weighted by Crippen LogP contribution is -2.00. The van der Waals surface area contributed by atoms with E-state index in [0.29, 0.717) is 11.5 Å². The molecule has 0 atom stereocenters. The molecule has 4 aromatic rings. The van der Waals surface area contributed by atoms with E-state index in [9.17, 15) is 8.78 Å². The molecule has 2 aromatic carbocycles. The van der Waals surface area contributed by atoms with Gasteiger partial charge in [0.1, 0.15) is 0 Å². The van der Waals surface area contributed by atoms with Crippen LogP contribution in [-0.4, -0.2) is 19.7 Å². The van der Waals surface area contributed by atoms with Gasteiger partial charge in [-0.3, -0.25) is 0 Å². The lowest BCUT2D eigenvalue weighted by Gasteiger charge is -2.07. The fourth-order valence-corrected chi connectivity index (χ4v) is 2.66. The van der Waals surface area contributed by atoms with Crippen molar-refractivity contribution in [1.29, 1.82) is 0 Å². The Kier molecular flexibility index (Phi) is 3.30. The van der Waals surface area contributed by atoms with Crippen LogP contribution in [0.4, 0.5) is 8.78 Å². The fourth-order valence-electron chi connectivity index (χ4n) is 2.66. The van der Waals surface area contributed by atoms with Crippen LogP contribution in [0, 0.1) is 18.6 Å². The van der Waals surface area contributed by atoms with Gasteiger partial charge in [0.05, 0.1) is 17.4 Å². The number of benzene rings is 2. The van der Waals surface area contributed by atoms with Gasteiger partial charge in [-0.05, 0) is 42.8 Å². The minimum atomic E-state index is -0.886. The van der Waals surface area contributed by atoms with Gasteiger partial charge in [-0.1, -0.05) is 0 Å². The second-order valence-corrected chi connectivity index (χ2v) is 5.46. The van der Waals surface area contributed by atoms with Gasteiger partial charge in [0.2, 0.25) is 0 Å². The molecule has 0 unspecified atom stereocenters. The summed E-state index contributed by atoms with van der Waals surface area (Å²) < 4.78 is 28.8. The molecule has 0 aliphatic heterocycles. The van der Waals surface area contributed by atoms with Gasteiger partial charge in [-0.15, -0.1) is 0 Å². The van der Waals surface area contributed by atoms with Crippen molar-refractivity contribution in [2.75, 3.05) is 0 Å². The van der Waals surface area contributed by atoms with Crippen LogP contribution in [0.3, 0.4) is 0 Å². The van der Waals surface area contributed by atoms with Crippen LogP contribution < -0.4 is 0 Å². The number of fused-ring (bicyclic) bond motifs is 1. The Bertz CT molecular complexity index is 1020. The lowest BCUT2D eigenvalue weighted by molar-refractivity contribution is 0.502. The topological polar surface area (TPSA) is 43.6 Å². The van der Waals surface area contributed by atoms with Gasteiger partial charge in [0.25, 0.3) is 0 Å². The van der Waals surface area contributed by atoms with E-state index >= 15 is 0 Å². The number of rotatable bonds is 2. The first-order valence-corrected chi connectivity index (χ1v) is 7.35. The van der Waals surface area contributed by atoms with Crippen molar-refractivity contribution in [2.45, 2.75) is 6.92 Å². The highest BCUT2D eigenvalue weighted by atomic mass is 19.2. The summed E-state index contributed by atoms with van der Waals surface area (Å²) in [6.45, 7) is 1.53. The van der Waals surface area contributed by atoms with Gasteiger partial charge < -0.3 is 0 Å². The summed E-state index contributed by atoms with van der Waals surface area (Å²) >= 11 is 0. The van der Waals surface area contributed by atoms with E-state index in [2.05, 4.69) is 15.1 Å². The Balaban J connectivity index is 1.84. The molecular weight excluding hydrogens is 310 g/mol. The molecule has 0 N–H and O–H groups in total. The number of aryl methyl sites for hydroxylation is 1. The molecule has 0 amide bonds. The Morgan fingerprint density at radius 3 is 2.54 bits per heavy atom. The highest BCUT2D eigenvalue weighted by Gasteiger charge is 2.12. The molecule has 6 heteroatoms.